The fourth-order valence-corrected chi connectivity index (χ4v) is 1.10. The molecule has 0 spiro atoms. The van der Waals surface area contributed by atoms with Gasteiger partial charge in [0.15, 0.2) is 0 Å². The molecule has 1 aromatic heterocycles. The average molecular weight is 252 g/mol. The van der Waals surface area contributed by atoms with Crippen molar-refractivity contribution in [2.24, 2.45) is 0 Å². The molecule has 0 aliphatic carbocycles. The number of hydrogen-bond donors (Lipinski definition) is 1. The summed E-state index contributed by atoms with van der Waals surface area (Å²) in [6, 6.07) is 0.887. The summed E-state index contributed by atoms with van der Waals surface area (Å²) in [6.45, 7) is 0.350. The highest BCUT2D eigenvalue weighted by Gasteiger charge is 2.34. The summed E-state index contributed by atoms with van der Waals surface area (Å²) in [6.07, 6.45) is -5.00. The van der Waals surface area contributed by atoms with Gasteiger partial charge in [-0.05, 0) is 6.92 Å². The molecule has 0 unspecified atom stereocenters. The lowest BCUT2D eigenvalue weighted by Crippen LogP contribution is -2.19. The predicted octanol–water partition coefficient (Wildman–Crippen LogP) is 1.69. The summed E-state index contributed by atoms with van der Waals surface area (Å²) < 4.78 is 39.5. The number of nitrogens with zero attached hydrogens (tertiary/aromatic N) is 2. The van der Waals surface area contributed by atoms with Gasteiger partial charge in [0.25, 0.3) is 5.69 Å². The van der Waals surface area contributed by atoms with Crippen molar-refractivity contribution >= 4 is 5.69 Å². The molecule has 0 bridgehead atoms. The van der Waals surface area contributed by atoms with Crippen molar-refractivity contribution < 1.29 is 27.9 Å². The molecule has 6 nitrogen and oxygen atoms in total. The lowest BCUT2D eigenvalue weighted by molar-refractivity contribution is -0.385. The van der Waals surface area contributed by atoms with Gasteiger partial charge in [-0.15, -0.1) is 13.2 Å². The normalized spacial score (nSPS) is 11.4. The number of hydrogen-bond acceptors (Lipinski definition) is 5. The Morgan fingerprint density at radius 3 is 2.59 bits per heavy atom. The minimum atomic E-state index is -5.00. The third-order valence-corrected chi connectivity index (χ3v) is 1.82. The largest absolute Gasteiger partial charge is 0.574 e. The van der Waals surface area contributed by atoms with Crippen LogP contribution in [0.5, 0.6) is 5.88 Å². The molecule has 1 heterocycles. The van der Waals surface area contributed by atoms with Gasteiger partial charge in [-0.2, -0.15) is 0 Å². The Morgan fingerprint density at radius 1 is 1.59 bits per heavy atom. The highest BCUT2D eigenvalue weighted by atomic mass is 19.4. The van der Waals surface area contributed by atoms with Crippen LogP contribution in [-0.2, 0) is 6.61 Å². The van der Waals surface area contributed by atoms with Gasteiger partial charge in [0, 0.05) is 6.07 Å². The molecule has 1 N–H and O–H groups in total. The number of nitro groups is 1. The predicted molar refractivity (Wildman–Crippen MR) is 48.2 cm³/mol. The molecule has 1 rings (SSSR count). The summed E-state index contributed by atoms with van der Waals surface area (Å²) in [5.41, 5.74) is -1.23. The van der Waals surface area contributed by atoms with Crippen LogP contribution < -0.4 is 4.74 Å². The first-order chi connectivity index (χ1) is 7.74. The summed E-state index contributed by atoms with van der Waals surface area (Å²) in [4.78, 5) is 13.0. The van der Waals surface area contributed by atoms with E-state index in [-0.39, 0.29) is 11.3 Å². The molecule has 0 amide bonds. The third kappa shape index (κ3) is 3.28. The van der Waals surface area contributed by atoms with Crippen molar-refractivity contribution in [1.82, 2.24) is 4.98 Å². The van der Waals surface area contributed by atoms with E-state index in [0.29, 0.717) is 0 Å². The molecule has 9 heteroatoms. The maximum atomic E-state index is 12.0. The van der Waals surface area contributed by atoms with Crippen molar-refractivity contribution in [1.29, 1.82) is 0 Å². The number of ether oxygens (including phenoxy) is 1. The number of aliphatic hydroxyl groups is 1. The van der Waals surface area contributed by atoms with E-state index in [1.54, 1.807) is 0 Å². The first kappa shape index (κ1) is 13.2. The van der Waals surface area contributed by atoms with Crippen LogP contribution in [0.2, 0.25) is 0 Å². The van der Waals surface area contributed by atoms with E-state index in [1.807, 2.05) is 0 Å². The van der Waals surface area contributed by atoms with Gasteiger partial charge in [0.05, 0.1) is 22.8 Å². The Labute approximate surface area is 92.8 Å². The number of alkyl halides is 3. The summed E-state index contributed by atoms with van der Waals surface area (Å²) in [5, 5.41) is 19.3. The summed E-state index contributed by atoms with van der Waals surface area (Å²) in [7, 11) is 0. The van der Waals surface area contributed by atoms with E-state index in [1.165, 1.54) is 0 Å². The van der Waals surface area contributed by atoms with Gasteiger partial charge in [0.1, 0.15) is 0 Å². The molecule has 0 saturated heterocycles. The first-order valence-corrected chi connectivity index (χ1v) is 4.26. The molecule has 1 aromatic rings. The monoisotopic (exact) mass is 252 g/mol. The standard InChI is InChI=1S/C8H7F3N2O4/c1-4-6(13(15)16)2-5(3-14)12-7(4)17-8(9,10)11/h2,14H,3H2,1H3. The second-order valence-electron chi connectivity index (χ2n) is 3.03. The second-order valence-corrected chi connectivity index (χ2v) is 3.03. The maximum absolute atomic E-state index is 12.0. The first-order valence-electron chi connectivity index (χ1n) is 4.26. The quantitative estimate of drug-likeness (QED) is 0.653. The van der Waals surface area contributed by atoms with Gasteiger partial charge in [-0.1, -0.05) is 0 Å². The van der Waals surface area contributed by atoms with E-state index in [0.717, 1.165) is 13.0 Å². The van der Waals surface area contributed by atoms with Gasteiger partial charge in [-0.3, -0.25) is 10.1 Å². The third-order valence-electron chi connectivity index (χ3n) is 1.82. The maximum Gasteiger partial charge on any atom is 0.574 e. The van der Waals surface area contributed by atoms with Gasteiger partial charge in [0.2, 0.25) is 5.88 Å². The molecule has 17 heavy (non-hydrogen) atoms. The molecule has 0 radical (unpaired) electrons. The van der Waals surface area contributed by atoms with Crippen LogP contribution in [0.4, 0.5) is 18.9 Å². The number of rotatable bonds is 3. The molecule has 0 aliphatic rings. The van der Waals surface area contributed by atoms with E-state index in [2.05, 4.69) is 9.72 Å². The SMILES string of the molecule is Cc1c([N+](=O)[O-])cc(CO)nc1OC(F)(F)F. The smallest absolute Gasteiger partial charge is 0.390 e. The zero-order valence-electron chi connectivity index (χ0n) is 8.48. The van der Waals surface area contributed by atoms with Crippen molar-refractivity contribution in [3.63, 3.8) is 0 Å². The Bertz CT molecular complexity index is 447. The van der Waals surface area contributed by atoms with E-state index >= 15 is 0 Å². The van der Waals surface area contributed by atoms with Gasteiger partial charge >= 0.3 is 6.36 Å². The van der Waals surface area contributed by atoms with Crippen LogP contribution in [0.3, 0.4) is 0 Å². The fraction of sp³-hybridized carbons (Fsp3) is 0.375. The highest BCUT2D eigenvalue weighted by molar-refractivity contribution is 5.46. The molecule has 0 saturated carbocycles. The fourth-order valence-electron chi connectivity index (χ4n) is 1.10. The molecule has 94 valence electrons. The Balaban J connectivity index is 3.29. The Morgan fingerprint density at radius 2 is 2.18 bits per heavy atom. The lowest BCUT2D eigenvalue weighted by atomic mass is 10.2. The minimum Gasteiger partial charge on any atom is -0.390 e. The molecule has 0 aliphatic heterocycles. The number of pyridine rings is 1. The lowest BCUT2D eigenvalue weighted by Gasteiger charge is -2.11. The second kappa shape index (κ2) is 4.53. The van der Waals surface area contributed by atoms with E-state index in [4.69, 9.17) is 5.11 Å². The van der Waals surface area contributed by atoms with Crippen LogP contribution in [0.25, 0.3) is 0 Å². The molecular formula is C8H7F3N2O4. The molecule has 0 aromatic carbocycles. The molecular weight excluding hydrogens is 245 g/mol. The Kier molecular flexibility index (Phi) is 3.51. The van der Waals surface area contributed by atoms with Gasteiger partial charge < -0.3 is 9.84 Å². The summed E-state index contributed by atoms with van der Waals surface area (Å²) >= 11 is 0. The van der Waals surface area contributed by atoms with Crippen molar-refractivity contribution in [2.75, 3.05) is 0 Å². The van der Waals surface area contributed by atoms with Crippen LogP contribution in [0, 0.1) is 17.0 Å². The van der Waals surface area contributed by atoms with E-state index < -0.39 is 29.5 Å². The van der Waals surface area contributed by atoms with Crippen LogP contribution in [0.1, 0.15) is 11.3 Å². The van der Waals surface area contributed by atoms with Crippen molar-refractivity contribution in [2.45, 2.75) is 19.9 Å². The number of aromatic nitrogens is 1. The number of aliphatic hydroxyl groups excluding tert-OH is 1. The highest BCUT2D eigenvalue weighted by Crippen LogP contribution is 2.30. The van der Waals surface area contributed by atoms with Crippen LogP contribution in [0.15, 0.2) is 6.07 Å². The van der Waals surface area contributed by atoms with Crippen LogP contribution >= 0.6 is 0 Å². The van der Waals surface area contributed by atoms with Crippen molar-refractivity contribution in [3.05, 3.63) is 27.4 Å². The molecule has 0 fully saturated rings. The van der Waals surface area contributed by atoms with Gasteiger partial charge in [-0.25, -0.2) is 4.98 Å². The van der Waals surface area contributed by atoms with Crippen molar-refractivity contribution in [3.8, 4) is 5.88 Å². The minimum absolute atomic E-state index is 0.276. The average Bonchev–Trinajstić information content (AvgIpc) is 2.18. The van der Waals surface area contributed by atoms with Crippen LogP contribution in [-0.4, -0.2) is 21.4 Å². The molecule has 0 atom stereocenters. The topological polar surface area (TPSA) is 85.5 Å². The Hall–Kier alpha value is -1.90. The summed E-state index contributed by atoms with van der Waals surface area (Å²) in [5.74, 6) is -0.934. The number of halogens is 3. The van der Waals surface area contributed by atoms with E-state index in [9.17, 15) is 23.3 Å². The zero-order valence-corrected chi connectivity index (χ0v) is 8.48. The zero-order chi connectivity index (χ0) is 13.2.